The zero-order valence-corrected chi connectivity index (χ0v) is 15.2. The second-order valence-corrected chi connectivity index (χ2v) is 8.04. The zero-order valence-electron chi connectivity index (χ0n) is 14.4. The molecule has 3 rings (SSSR count). The molecule has 0 bridgehead atoms. The molecule has 0 fully saturated rings. The Morgan fingerprint density at radius 1 is 1.12 bits per heavy atom. The van der Waals surface area contributed by atoms with Crippen LogP contribution >= 0.6 is 0 Å². The molecule has 0 spiro atoms. The maximum absolute atomic E-state index is 11.7. The summed E-state index contributed by atoms with van der Waals surface area (Å²) in [6.45, 7) is 2.00. The number of guanidine groups is 1. The second kappa shape index (κ2) is 6.64. The number of hydrogen-bond acceptors (Lipinski definition) is 4. The molecule has 7 nitrogen and oxygen atoms in total. The molecule has 2 aromatic carbocycles. The molecule has 0 aliphatic heterocycles. The molecule has 0 amide bonds. The monoisotopic (exact) mass is 369 g/mol. The highest BCUT2D eigenvalue weighted by Gasteiger charge is 2.13. The lowest BCUT2D eigenvalue weighted by molar-refractivity contribution is 0.602. The molecule has 1 heterocycles. The fraction of sp³-hybridized carbons (Fsp3) is 0.111. The van der Waals surface area contributed by atoms with E-state index < -0.39 is 9.84 Å². The van der Waals surface area contributed by atoms with Crippen molar-refractivity contribution in [2.75, 3.05) is 6.26 Å². The number of aromatic amines is 1. The molecule has 0 saturated carbocycles. The van der Waals surface area contributed by atoms with E-state index in [1.807, 2.05) is 25.1 Å². The SMILES string of the molecule is Cc1ccc2[nH]c(-c3ccc(S(C)(=O)=O)cc3)c(/C=N/N=C(N)N)c2c1. The molecule has 3 aromatic rings. The van der Waals surface area contributed by atoms with Crippen LogP contribution in [0, 0.1) is 6.92 Å². The number of nitrogens with zero attached hydrogens (tertiary/aromatic N) is 2. The molecule has 5 N–H and O–H groups in total. The molecule has 134 valence electrons. The summed E-state index contributed by atoms with van der Waals surface area (Å²) in [6.07, 6.45) is 2.76. The van der Waals surface area contributed by atoms with Crippen molar-refractivity contribution in [2.24, 2.45) is 21.7 Å². The van der Waals surface area contributed by atoms with Gasteiger partial charge in [0.15, 0.2) is 9.84 Å². The van der Waals surface area contributed by atoms with Gasteiger partial charge in [-0.15, -0.1) is 5.10 Å². The summed E-state index contributed by atoms with van der Waals surface area (Å²) in [7, 11) is -3.25. The van der Waals surface area contributed by atoms with Crippen molar-refractivity contribution in [3.63, 3.8) is 0 Å². The van der Waals surface area contributed by atoms with Gasteiger partial charge in [-0.05, 0) is 36.8 Å². The highest BCUT2D eigenvalue weighted by Crippen LogP contribution is 2.30. The summed E-state index contributed by atoms with van der Waals surface area (Å²) in [5.41, 5.74) is 15.1. The second-order valence-electron chi connectivity index (χ2n) is 6.03. The predicted molar refractivity (Wildman–Crippen MR) is 105 cm³/mol. The molecule has 0 saturated heterocycles. The number of fused-ring (bicyclic) bond motifs is 1. The lowest BCUT2D eigenvalue weighted by atomic mass is 10.0. The van der Waals surface area contributed by atoms with Gasteiger partial charge in [-0.25, -0.2) is 8.42 Å². The first-order chi connectivity index (χ1) is 12.3. The fourth-order valence-electron chi connectivity index (χ4n) is 2.71. The minimum Gasteiger partial charge on any atom is -0.369 e. The van der Waals surface area contributed by atoms with Gasteiger partial charge >= 0.3 is 0 Å². The Morgan fingerprint density at radius 3 is 2.42 bits per heavy atom. The van der Waals surface area contributed by atoms with Gasteiger partial charge in [0.05, 0.1) is 16.8 Å². The highest BCUT2D eigenvalue weighted by molar-refractivity contribution is 7.90. The molecule has 0 atom stereocenters. The van der Waals surface area contributed by atoms with Crippen LogP contribution < -0.4 is 11.5 Å². The smallest absolute Gasteiger partial charge is 0.211 e. The predicted octanol–water partition coefficient (Wildman–Crippen LogP) is 2.15. The third-order valence-corrected chi connectivity index (χ3v) is 5.05. The number of sulfone groups is 1. The maximum atomic E-state index is 11.7. The van der Waals surface area contributed by atoms with E-state index in [4.69, 9.17) is 11.5 Å². The normalized spacial score (nSPS) is 11.9. The number of rotatable bonds is 4. The first kappa shape index (κ1) is 17.7. The van der Waals surface area contributed by atoms with Crippen LogP contribution in [-0.2, 0) is 9.84 Å². The van der Waals surface area contributed by atoms with Gasteiger partial charge in [-0.2, -0.15) is 5.10 Å². The first-order valence-electron chi connectivity index (χ1n) is 7.80. The summed E-state index contributed by atoms with van der Waals surface area (Å²) < 4.78 is 23.3. The summed E-state index contributed by atoms with van der Waals surface area (Å²) in [5, 5.41) is 8.57. The van der Waals surface area contributed by atoms with Crippen LogP contribution in [0.25, 0.3) is 22.2 Å². The molecule has 0 aliphatic carbocycles. The topological polar surface area (TPSA) is 127 Å². The molecule has 0 radical (unpaired) electrons. The lowest BCUT2D eigenvalue weighted by Gasteiger charge is -2.03. The van der Waals surface area contributed by atoms with Crippen LogP contribution in [0.15, 0.2) is 57.6 Å². The lowest BCUT2D eigenvalue weighted by Crippen LogP contribution is -2.21. The number of nitrogens with one attached hydrogen (secondary N) is 1. The van der Waals surface area contributed by atoms with Gasteiger partial charge in [-0.1, -0.05) is 23.8 Å². The largest absolute Gasteiger partial charge is 0.369 e. The number of aromatic nitrogens is 1. The van der Waals surface area contributed by atoms with Crippen molar-refractivity contribution in [1.29, 1.82) is 0 Å². The third-order valence-electron chi connectivity index (χ3n) is 3.93. The first-order valence-corrected chi connectivity index (χ1v) is 9.69. The van der Waals surface area contributed by atoms with Crippen molar-refractivity contribution in [2.45, 2.75) is 11.8 Å². The van der Waals surface area contributed by atoms with E-state index >= 15 is 0 Å². The Labute approximate surface area is 151 Å². The molecular formula is C18H19N5O2S. The number of H-pyrrole nitrogens is 1. The van der Waals surface area contributed by atoms with Crippen LogP contribution in [0.1, 0.15) is 11.1 Å². The Bertz CT molecular complexity index is 1120. The van der Waals surface area contributed by atoms with Crippen LogP contribution in [0.2, 0.25) is 0 Å². The van der Waals surface area contributed by atoms with E-state index in [9.17, 15) is 8.42 Å². The van der Waals surface area contributed by atoms with Crippen molar-refractivity contribution in [1.82, 2.24) is 4.98 Å². The zero-order chi connectivity index (χ0) is 18.9. The molecule has 0 unspecified atom stereocenters. The highest BCUT2D eigenvalue weighted by atomic mass is 32.2. The standard InChI is InChI=1S/C18H19N5O2S/c1-11-3-8-16-14(9-11)15(10-21-23-18(19)20)17(22-16)12-4-6-13(7-5-12)26(2,24)25/h3-10,22H,1-2H3,(H4,19,20,23)/b21-10+. The summed E-state index contributed by atoms with van der Waals surface area (Å²) in [4.78, 5) is 3.62. The minimum atomic E-state index is -3.25. The third kappa shape index (κ3) is 3.60. The van der Waals surface area contributed by atoms with Crippen LogP contribution in [-0.4, -0.2) is 31.8 Å². The quantitative estimate of drug-likeness (QED) is 0.370. The fourth-order valence-corrected chi connectivity index (χ4v) is 3.34. The Balaban J connectivity index is 2.18. The van der Waals surface area contributed by atoms with Crippen molar-refractivity contribution < 1.29 is 8.42 Å². The van der Waals surface area contributed by atoms with Crippen molar-refractivity contribution in [3.05, 3.63) is 53.6 Å². The Morgan fingerprint density at radius 2 is 1.81 bits per heavy atom. The number of benzene rings is 2. The minimum absolute atomic E-state index is 0.128. The van der Waals surface area contributed by atoms with Crippen LogP contribution in [0.4, 0.5) is 0 Å². The van der Waals surface area contributed by atoms with Crippen LogP contribution in [0.3, 0.4) is 0 Å². The van der Waals surface area contributed by atoms with E-state index in [0.717, 1.165) is 33.3 Å². The molecular weight excluding hydrogens is 350 g/mol. The molecule has 1 aromatic heterocycles. The van der Waals surface area contributed by atoms with Gasteiger partial charge in [0.1, 0.15) is 0 Å². The van der Waals surface area contributed by atoms with Gasteiger partial charge < -0.3 is 16.5 Å². The van der Waals surface area contributed by atoms with E-state index in [1.165, 1.54) is 6.26 Å². The molecule has 8 heteroatoms. The summed E-state index contributed by atoms with van der Waals surface area (Å²) >= 11 is 0. The van der Waals surface area contributed by atoms with Crippen molar-refractivity contribution >= 4 is 32.9 Å². The van der Waals surface area contributed by atoms with Gasteiger partial charge in [0.25, 0.3) is 0 Å². The molecule has 26 heavy (non-hydrogen) atoms. The average Bonchev–Trinajstić information content (AvgIpc) is 2.92. The van der Waals surface area contributed by atoms with E-state index in [1.54, 1.807) is 30.5 Å². The van der Waals surface area contributed by atoms with E-state index in [2.05, 4.69) is 15.2 Å². The van der Waals surface area contributed by atoms with Crippen molar-refractivity contribution in [3.8, 4) is 11.3 Å². The average molecular weight is 369 g/mol. The number of nitrogens with two attached hydrogens (primary N) is 2. The van der Waals surface area contributed by atoms with Gasteiger partial charge in [0, 0.05) is 22.7 Å². The maximum Gasteiger partial charge on any atom is 0.211 e. The Hall–Kier alpha value is -3.13. The molecule has 0 aliphatic rings. The van der Waals surface area contributed by atoms with Crippen LogP contribution in [0.5, 0.6) is 0 Å². The summed E-state index contributed by atoms with van der Waals surface area (Å²) in [5.74, 6) is -0.128. The van der Waals surface area contributed by atoms with E-state index in [-0.39, 0.29) is 10.9 Å². The number of aryl methyl sites for hydroxylation is 1. The van der Waals surface area contributed by atoms with E-state index in [0.29, 0.717) is 0 Å². The Kier molecular flexibility index (Phi) is 4.52. The van der Waals surface area contributed by atoms with Gasteiger partial charge in [-0.3, -0.25) is 0 Å². The number of hydrogen-bond donors (Lipinski definition) is 3. The van der Waals surface area contributed by atoms with Gasteiger partial charge in [0.2, 0.25) is 5.96 Å². The summed E-state index contributed by atoms with van der Waals surface area (Å²) in [6, 6.07) is 12.7.